The van der Waals surface area contributed by atoms with Crippen LogP contribution in [0.3, 0.4) is 0 Å². The van der Waals surface area contributed by atoms with Gasteiger partial charge in [0.25, 0.3) is 0 Å². The number of hydrogen-bond donors (Lipinski definition) is 1. The van der Waals surface area contributed by atoms with Crippen molar-refractivity contribution in [1.82, 2.24) is 0 Å². The number of ether oxygens (including phenoxy) is 2. The summed E-state index contributed by atoms with van der Waals surface area (Å²) in [6, 6.07) is 6.90. The molecule has 1 unspecified atom stereocenters. The number of hydrogen-bond acceptors (Lipinski definition) is 3. The van der Waals surface area contributed by atoms with Gasteiger partial charge in [-0.1, -0.05) is 12.1 Å². The summed E-state index contributed by atoms with van der Waals surface area (Å²) in [5.74, 6) is -0.357. The SMILES string of the molecule is CCOc1cccc(C(OC)C(=O)O)c1. The van der Waals surface area contributed by atoms with Crippen molar-refractivity contribution in [3.05, 3.63) is 29.8 Å². The van der Waals surface area contributed by atoms with Gasteiger partial charge < -0.3 is 14.6 Å². The quantitative estimate of drug-likeness (QED) is 0.805. The van der Waals surface area contributed by atoms with E-state index in [0.717, 1.165) is 0 Å². The van der Waals surface area contributed by atoms with Crippen LogP contribution in [0, 0.1) is 0 Å². The summed E-state index contributed by atoms with van der Waals surface area (Å²) < 4.78 is 10.1. The van der Waals surface area contributed by atoms with Crippen LogP contribution in [0.2, 0.25) is 0 Å². The Hall–Kier alpha value is -1.55. The summed E-state index contributed by atoms with van der Waals surface area (Å²) in [6.07, 6.45) is -0.939. The normalized spacial score (nSPS) is 12.1. The molecule has 0 amide bonds. The first kappa shape index (κ1) is 11.5. The fourth-order valence-electron chi connectivity index (χ4n) is 1.31. The Bertz CT molecular complexity index is 335. The Balaban J connectivity index is 2.92. The van der Waals surface area contributed by atoms with E-state index in [1.165, 1.54) is 7.11 Å². The van der Waals surface area contributed by atoms with E-state index in [0.29, 0.717) is 17.9 Å². The third-order valence-corrected chi connectivity index (χ3v) is 1.93. The highest BCUT2D eigenvalue weighted by atomic mass is 16.5. The Morgan fingerprint density at radius 1 is 1.53 bits per heavy atom. The molecule has 0 heterocycles. The van der Waals surface area contributed by atoms with Crippen molar-refractivity contribution in [2.75, 3.05) is 13.7 Å². The fraction of sp³-hybridized carbons (Fsp3) is 0.364. The molecule has 0 spiro atoms. The third kappa shape index (κ3) is 2.95. The molecule has 0 saturated carbocycles. The molecule has 0 radical (unpaired) electrons. The Morgan fingerprint density at radius 2 is 2.27 bits per heavy atom. The maximum Gasteiger partial charge on any atom is 0.337 e. The lowest BCUT2D eigenvalue weighted by Crippen LogP contribution is -2.13. The molecule has 1 aromatic carbocycles. The maximum atomic E-state index is 10.8. The highest BCUT2D eigenvalue weighted by molar-refractivity contribution is 5.74. The first-order valence-corrected chi connectivity index (χ1v) is 4.67. The molecule has 82 valence electrons. The van der Waals surface area contributed by atoms with Gasteiger partial charge in [0, 0.05) is 7.11 Å². The Labute approximate surface area is 88.4 Å². The summed E-state index contributed by atoms with van der Waals surface area (Å²) in [5.41, 5.74) is 0.580. The van der Waals surface area contributed by atoms with E-state index in [1.807, 2.05) is 6.92 Å². The monoisotopic (exact) mass is 210 g/mol. The van der Waals surface area contributed by atoms with Gasteiger partial charge in [0.1, 0.15) is 5.75 Å². The van der Waals surface area contributed by atoms with Gasteiger partial charge in [0.2, 0.25) is 0 Å². The molecule has 0 aliphatic rings. The Kier molecular flexibility index (Phi) is 4.12. The molecule has 0 fully saturated rings. The average Bonchev–Trinajstić information content (AvgIpc) is 2.19. The van der Waals surface area contributed by atoms with E-state index >= 15 is 0 Å². The summed E-state index contributed by atoms with van der Waals surface area (Å²) >= 11 is 0. The number of carboxylic acid groups (broad SMARTS) is 1. The predicted molar refractivity (Wildman–Crippen MR) is 55.0 cm³/mol. The van der Waals surface area contributed by atoms with Crippen LogP contribution in [0.4, 0.5) is 0 Å². The van der Waals surface area contributed by atoms with Crippen molar-refractivity contribution in [3.63, 3.8) is 0 Å². The van der Waals surface area contributed by atoms with E-state index in [1.54, 1.807) is 24.3 Å². The van der Waals surface area contributed by atoms with Crippen molar-refractivity contribution in [2.24, 2.45) is 0 Å². The lowest BCUT2D eigenvalue weighted by molar-refractivity contribution is -0.148. The van der Waals surface area contributed by atoms with Crippen LogP contribution < -0.4 is 4.74 Å². The smallest absolute Gasteiger partial charge is 0.337 e. The topological polar surface area (TPSA) is 55.8 Å². The van der Waals surface area contributed by atoms with Crippen molar-refractivity contribution in [2.45, 2.75) is 13.0 Å². The molecule has 0 aliphatic heterocycles. The summed E-state index contributed by atoms with van der Waals surface area (Å²) in [7, 11) is 1.37. The van der Waals surface area contributed by atoms with E-state index in [4.69, 9.17) is 14.6 Å². The molecular formula is C11H14O4. The molecule has 1 atom stereocenters. The maximum absolute atomic E-state index is 10.8. The van der Waals surface area contributed by atoms with Crippen LogP contribution >= 0.6 is 0 Å². The first-order valence-electron chi connectivity index (χ1n) is 4.67. The van der Waals surface area contributed by atoms with Crippen LogP contribution in [0.15, 0.2) is 24.3 Å². The fourth-order valence-corrected chi connectivity index (χ4v) is 1.31. The van der Waals surface area contributed by atoms with Crippen LogP contribution in [-0.2, 0) is 9.53 Å². The standard InChI is InChI=1S/C11H14O4/c1-3-15-9-6-4-5-8(7-9)10(14-2)11(12)13/h4-7,10H,3H2,1-2H3,(H,12,13). The second-order valence-corrected chi connectivity index (χ2v) is 2.96. The minimum absolute atomic E-state index is 0.550. The van der Waals surface area contributed by atoms with Crippen LogP contribution in [0.5, 0.6) is 5.75 Å². The third-order valence-electron chi connectivity index (χ3n) is 1.93. The number of aliphatic carboxylic acids is 1. The molecule has 0 saturated heterocycles. The van der Waals surface area contributed by atoms with E-state index in [2.05, 4.69) is 0 Å². The van der Waals surface area contributed by atoms with Crippen molar-refractivity contribution >= 4 is 5.97 Å². The van der Waals surface area contributed by atoms with Crippen LogP contribution in [0.25, 0.3) is 0 Å². The highest BCUT2D eigenvalue weighted by Gasteiger charge is 2.18. The molecular weight excluding hydrogens is 196 g/mol. The molecule has 15 heavy (non-hydrogen) atoms. The lowest BCUT2D eigenvalue weighted by atomic mass is 10.1. The van der Waals surface area contributed by atoms with E-state index < -0.39 is 12.1 Å². The van der Waals surface area contributed by atoms with Crippen molar-refractivity contribution in [3.8, 4) is 5.75 Å². The molecule has 1 aromatic rings. The van der Waals surface area contributed by atoms with Crippen molar-refractivity contribution < 1.29 is 19.4 Å². The van der Waals surface area contributed by atoms with E-state index in [-0.39, 0.29) is 0 Å². The van der Waals surface area contributed by atoms with Crippen molar-refractivity contribution in [1.29, 1.82) is 0 Å². The highest BCUT2D eigenvalue weighted by Crippen LogP contribution is 2.21. The molecule has 4 nitrogen and oxygen atoms in total. The molecule has 0 aliphatic carbocycles. The van der Waals surface area contributed by atoms with Gasteiger partial charge in [-0.15, -0.1) is 0 Å². The second-order valence-electron chi connectivity index (χ2n) is 2.96. The summed E-state index contributed by atoms with van der Waals surface area (Å²) in [4.78, 5) is 10.8. The molecule has 4 heteroatoms. The van der Waals surface area contributed by atoms with E-state index in [9.17, 15) is 4.79 Å². The molecule has 0 bridgehead atoms. The summed E-state index contributed by atoms with van der Waals surface area (Å²) in [5, 5.41) is 8.88. The van der Waals surface area contributed by atoms with Gasteiger partial charge in [-0.3, -0.25) is 0 Å². The zero-order valence-electron chi connectivity index (χ0n) is 8.77. The zero-order chi connectivity index (χ0) is 11.3. The Morgan fingerprint density at radius 3 is 2.80 bits per heavy atom. The van der Waals surface area contributed by atoms with Crippen LogP contribution in [0.1, 0.15) is 18.6 Å². The number of rotatable bonds is 5. The lowest BCUT2D eigenvalue weighted by Gasteiger charge is -2.12. The zero-order valence-corrected chi connectivity index (χ0v) is 8.77. The summed E-state index contributed by atoms with van der Waals surface area (Å²) in [6.45, 7) is 2.42. The second kappa shape index (κ2) is 5.36. The van der Waals surface area contributed by atoms with Gasteiger partial charge in [0.05, 0.1) is 6.61 Å². The number of carboxylic acids is 1. The molecule has 1 rings (SSSR count). The number of benzene rings is 1. The largest absolute Gasteiger partial charge is 0.494 e. The molecule has 0 aromatic heterocycles. The number of carbonyl (C=O) groups is 1. The van der Waals surface area contributed by atoms with Crippen LogP contribution in [-0.4, -0.2) is 24.8 Å². The van der Waals surface area contributed by atoms with Gasteiger partial charge in [-0.2, -0.15) is 0 Å². The number of methoxy groups -OCH3 is 1. The molecule has 1 N–H and O–H groups in total. The minimum atomic E-state index is -1.01. The first-order chi connectivity index (χ1) is 7.19. The predicted octanol–water partition coefficient (Wildman–Crippen LogP) is 1.86. The van der Waals surface area contributed by atoms with Gasteiger partial charge in [0.15, 0.2) is 6.10 Å². The van der Waals surface area contributed by atoms with Gasteiger partial charge >= 0.3 is 5.97 Å². The van der Waals surface area contributed by atoms with Gasteiger partial charge in [-0.05, 0) is 24.6 Å². The minimum Gasteiger partial charge on any atom is -0.494 e. The average molecular weight is 210 g/mol. The van der Waals surface area contributed by atoms with Gasteiger partial charge in [-0.25, -0.2) is 4.79 Å².